The number of ether oxygens (including phenoxy) is 2. The summed E-state index contributed by atoms with van der Waals surface area (Å²) < 4.78 is 11.7. The molecule has 5 fully saturated rings. The average Bonchev–Trinajstić information content (AvgIpc) is 2.63. The Morgan fingerprint density at radius 3 is 2.70 bits per heavy atom. The molecule has 5 aliphatic rings. The molecular formula is C15H24O5. The van der Waals surface area contributed by atoms with E-state index in [9.17, 15) is 5.11 Å². The van der Waals surface area contributed by atoms with Gasteiger partial charge in [0.2, 0.25) is 0 Å². The maximum Gasteiger partial charge on any atom is 0.193 e. The minimum atomic E-state index is -0.779. The summed E-state index contributed by atoms with van der Waals surface area (Å²) in [7, 11) is 0. The molecule has 0 unspecified atom stereocenters. The molecule has 1 saturated carbocycles. The zero-order chi connectivity index (χ0) is 14.1. The Balaban J connectivity index is 1.82. The summed E-state index contributed by atoms with van der Waals surface area (Å²) in [6.07, 6.45) is 1.83. The monoisotopic (exact) mass is 284 g/mol. The van der Waals surface area contributed by atoms with Crippen molar-refractivity contribution >= 4 is 0 Å². The van der Waals surface area contributed by atoms with Gasteiger partial charge in [-0.05, 0) is 32.1 Å². The molecule has 4 heterocycles. The first-order valence-electron chi connectivity index (χ1n) is 7.78. The molecule has 114 valence electrons. The fraction of sp³-hybridized carbons (Fsp3) is 1.00. The van der Waals surface area contributed by atoms with Crippen molar-refractivity contribution in [2.24, 2.45) is 23.7 Å². The van der Waals surface area contributed by atoms with E-state index in [0.29, 0.717) is 18.4 Å². The van der Waals surface area contributed by atoms with Gasteiger partial charge in [-0.15, -0.1) is 0 Å². The SMILES string of the molecule is C[C@@H]1[C@H](O)O[C@@H]2OC[C@]3(C)C[C@@H]4[C@H](C)CC[C@H]1[C@@]24OO3. The van der Waals surface area contributed by atoms with Crippen molar-refractivity contribution in [2.75, 3.05) is 6.61 Å². The fourth-order valence-corrected chi connectivity index (χ4v) is 4.87. The minimum absolute atomic E-state index is 0.0379. The molecule has 4 aliphatic heterocycles. The summed E-state index contributed by atoms with van der Waals surface area (Å²) in [5.41, 5.74) is -0.951. The van der Waals surface area contributed by atoms with E-state index in [4.69, 9.17) is 19.2 Å². The van der Waals surface area contributed by atoms with Crippen molar-refractivity contribution < 1.29 is 24.4 Å². The zero-order valence-corrected chi connectivity index (χ0v) is 12.4. The van der Waals surface area contributed by atoms with Crippen LogP contribution in [0.4, 0.5) is 0 Å². The van der Waals surface area contributed by atoms with Gasteiger partial charge in [0, 0.05) is 17.8 Å². The van der Waals surface area contributed by atoms with E-state index in [2.05, 4.69) is 6.92 Å². The lowest BCUT2D eigenvalue weighted by molar-refractivity contribution is -0.494. The van der Waals surface area contributed by atoms with Crippen molar-refractivity contribution in [1.29, 1.82) is 0 Å². The van der Waals surface area contributed by atoms with Gasteiger partial charge in [-0.25, -0.2) is 9.78 Å². The average molecular weight is 284 g/mol. The summed E-state index contributed by atoms with van der Waals surface area (Å²) >= 11 is 0. The van der Waals surface area contributed by atoms with E-state index in [0.717, 1.165) is 12.8 Å². The number of aliphatic hydroxyl groups excluding tert-OH is 1. The highest BCUT2D eigenvalue weighted by atomic mass is 17.2. The Bertz CT molecular complexity index is 415. The third-order valence-electron chi connectivity index (χ3n) is 6.07. The third-order valence-corrected chi connectivity index (χ3v) is 6.07. The molecule has 0 aromatic carbocycles. The van der Waals surface area contributed by atoms with Gasteiger partial charge in [0.05, 0.1) is 6.61 Å². The summed E-state index contributed by atoms with van der Waals surface area (Å²) in [4.78, 5) is 11.7. The Labute approximate surface area is 119 Å². The van der Waals surface area contributed by atoms with Crippen LogP contribution in [0.5, 0.6) is 0 Å². The van der Waals surface area contributed by atoms with Crippen LogP contribution in [0, 0.1) is 23.7 Å². The standard InChI is InChI=1S/C15H24O5/c1-8-4-5-10-9(2)12(16)18-13-15(10)11(8)6-14(3,7-17-13)19-20-15/h8-13,16H,4-7H2,1-3H3/t8-,9+,10-,11-,12-,13+,14+,15+/m1/s1. The van der Waals surface area contributed by atoms with E-state index < -0.39 is 23.8 Å². The Hall–Kier alpha value is -0.200. The molecule has 4 saturated heterocycles. The molecule has 1 aliphatic carbocycles. The van der Waals surface area contributed by atoms with Crippen LogP contribution in [0.25, 0.3) is 0 Å². The van der Waals surface area contributed by atoms with Gasteiger partial charge >= 0.3 is 0 Å². The Morgan fingerprint density at radius 2 is 1.90 bits per heavy atom. The quantitative estimate of drug-likeness (QED) is 0.688. The van der Waals surface area contributed by atoms with Crippen molar-refractivity contribution in [3.05, 3.63) is 0 Å². The van der Waals surface area contributed by atoms with Crippen LogP contribution in [-0.4, -0.2) is 35.5 Å². The molecular weight excluding hydrogens is 260 g/mol. The molecule has 2 bridgehead atoms. The summed E-state index contributed by atoms with van der Waals surface area (Å²) in [5, 5.41) is 10.2. The topological polar surface area (TPSA) is 57.2 Å². The maximum absolute atomic E-state index is 10.2. The van der Waals surface area contributed by atoms with Gasteiger partial charge in [0.25, 0.3) is 0 Å². The van der Waals surface area contributed by atoms with Crippen LogP contribution >= 0.6 is 0 Å². The lowest BCUT2D eigenvalue weighted by Crippen LogP contribution is -2.69. The normalized spacial score (nSPS) is 61.8. The maximum atomic E-state index is 10.2. The Kier molecular flexibility index (Phi) is 2.81. The van der Waals surface area contributed by atoms with Crippen LogP contribution in [0.3, 0.4) is 0 Å². The zero-order valence-electron chi connectivity index (χ0n) is 12.4. The number of aliphatic hydroxyl groups is 1. The van der Waals surface area contributed by atoms with Gasteiger partial charge in [-0.1, -0.05) is 13.8 Å². The van der Waals surface area contributed by atoms with Crippen molar-refractivity contribution in [1.82, 2.24) is 0 Å². The molecule has 20 heavy (non-hydrogen) atoms. The first-order chi connectivity index (χ1) is 9.46. The van der Waals surface area contributed by atoms with Crippen molar-refractivity contribution in [2.45, 2.75) is 63.8 Å². The fourth-order valence-electron chi connectivity index (χ4n) is 4.87. The van der Waals surface area contributed by atoms with Gasteiger partial charge in [-0.3, -0.25) is 0 Å². The molecule has 0 aromatic rings. The molecule has 5 nitrogen and oxygen atoms in total. The molecule has 5 heteroatoms. The number of hydrogen-bond acceptors (Lipinski definition) is 5. The van der Waals surface area contributed by atoms with Crippen LogP contribution in [0.2, 0.25) is 0 Å². The summed E-state index contributed by atoms with van der Waals surface area (Å²) in [6, 6.07) is 0. The van der Waals surface area contributed by atoms with E-state index in [1.807, 2.05) is 13.8 Å². The molecule has 5 rings (SSSR count). The predicted octanol–water partition coefficient (Wildman–Crippen LogP) is 1.84. The van der Waals surface area contributed by atoms with Crippen LogP contribution < -0.4 is 0 Å². The first-order valence-corrected chi connectivity index (χ1v) is 7.78. The molecule has 0 aromatic heterocycles. The third kappa shape index (κ3) is 1.56. The number of rotatable bonds is 0. The second kappa shape index (κ2) is 4.17. The van der Waals surface area contributed by atoms with Crippen LogP contribution in [-0.2, 0) is 19.2 Å². The largest absolute Gasteiger partial charge is 0.368 e. The van der Waals surface area contributed by atoms with Gasteiger partial charge in [0.15, 0.2) is 18.2 Å². The minimum Gasteiger partial charge on any atom is -0.368 e. The van der Waals surface area contributed by atoms with E-state index in [1.165, 1.54) is 6.42 Å². The summed E-state index contributed by atoms with van der Waals surface area (Å²) in [6.45, 7) is 6.81. The second-order valence-corrected chi connectivity index (χ2v) is 7.47. The Morgan fingerprint density at radius 1 is 1.10 bits per heavy atom. The molecule has 8 atom stereocenters. The molecule has 1 N–H and O–H groups in total. The number of fused-ring (bicyclic) bond motifs is 2. The lowest BCUT2D eigenvalue weighted by Gasteiger charge is -2.59. The van der Waals surface area contributed by atoms with Gasteiger partial charge in [0.1, 0.15) is 5.60 Å². The van der Waals surface area contributed by atoms with Gasteiger partial charge < -0.3 is 14.6 Å². The smallest absolute Gasteiger partial charge is 0.193 e. The lowest BCUT2D eigenvalue weighted by atomic mass is 9.57. The van der Waals surface area contributed by atoms with E-state index >= 15 is 0 Å². The van der Waals surface area contributed by atoms with Crippen molar-refractivity contribution in [3.8, 4) is 0 Å². The summed E-state index contributed by atoms with van der Waals surface area (Å²) in [5.74, 6) is 1.18. The molecule has 1 spiro atoms. The second-order valence-electron chi connectivity index (χ2n) is 7.47. The first kappa shape index (κ1) is 13.5. The highest BCUT2D eigenvalue weighted by Crippen LogP contribution is 2.59. The molecule has 0 amide bonds. The van der Waals surface area contributed by atoms with Crippen molar-refractivity contribution in [3.63, 3.8) is 0 Å². The van der Waals surface area contributed by atoms with Crippen LogP contribution in [0.15, 0.2) is 0 Å². The predicted molar refractivity (Wildman–Crippen MR) is 69.3 cm³/mol. The van der Waals surface area contributed by atoms with Crippen LogP contribution in [0.1, 0.15) is 40.0 Å². The molecule has 0 radical (unpaired) electrons. The van der Waals surface area contributed by atoms with E-state index in [1.54, 1.807) is 0 Å². The highest BCUT2D eigenvalue weighted by Gasteiger charge is 2.69. The van der Waals surface area contributed by atoms with E-state index in [-0.39, 0.29) is 11.8 Å². The number of hydrogen-bond donors (Lipinski definition) is 1. The van der Waals surface area contributed by atoms with Gasteiger partial charge in [-0.2, -0.15) is 0 Å². The highest BCUT2D eigenvalue weighted by molar-refractivity contribution is 5.10.